The van der Waals surface area contributed by atoms with Gasteiger partial charge in [-0.1, -0.05) is 47.5 Å². The lowest BCUT2D eigenvalue weighted by atomic mass is 10.1. The molecule has 1 amide bonds. The molecule has 0 spiro atoms. The quantitative estimate of drug-likeness (QED) is 0.484. The van der Waals surface area contributed by atoms with Gasteiger partial charge in [-0.3, -0.25) is 4.79 Å². The highest BCUT2D eigenvalue weighted by Crippen LogP contribution is 2.22. The molecule has 0 saturated heterocycles. The lowest BCUT2D eigenvalue weighted by Crippen LogP contribution is -2.27. The van der Waals surface area contributed by atoms with Crippen molar-refractivity contribution < 1.29 is 19.4 Å². The minimum Gasteiger partial charge on any atom is -0.478 e. The van der Waals surface area contributed by atoms with E-state index in [0.717, 1.165) is 11.1 Å². The molecule has 160 valence electrons. The summed E-state index contributed by atoms with van der Waals surface area (Å²) in [5.41, 5.74) is 2.21. The summed E-state index contributed by atoms with van der Waals surface area (Å²) in [6.45, 7) is 2.12. The molecule has 0 saturated carbocycles. The van der Waals surface area contributed by atoms with Crippen LogP contribution in [-0.2, 0) is 6.42 Å². The summed E-state index contributed by atoms with van der Waals surface area (Å²) in [6.07, 6.45) is 2.04. The first kappa shape index (κ1) is 22.6. The molecular weight excluding hydrogens is 439 g/mol. The summed E-state index contributed by atoms with van der Waals surface area (Å²) >= 11 is 11.9. The lowest BCUT2D eigenvalue weighted by Gasteiger charge is -2.16. The molecule has 3 aromatic rings. The van der Waals surface area contributed by atoms with Crippen LogP contribution in [0.25, 0.3) is 0 Å². The molecule has 2 aromatic carbocycles. The number of nitrogens with zero attached hydrogens (tertiary/aromatic N) is 1. The van der Waals surface area contributed by atoms with Gasteiger partial charge in [0.1, 0.15) is 5.56 Å². The topological polar surface area (TPSA) is 88.5 Å². The van der Waals surface area contributed by atoms with E-state index >= 15 is 0 Å². The Kier molecular flexibility index (Phi) is 7.50. The summed E-state index contributed by atoms with van der Waals surface area (Å²) in [7, 11) is 0. The van der Waals surface area contributed by atoms with E-state index in [0.29, 0.717) is 23.1 Å². The molecule has 0 fully saturated rings. The van der Waals surface area contributed by atoms with Gasteiger partial charge in [0.15, 0.2) is 0 Å². The summed E-state index contributed by atoms with van der Waals surface area (Å²) in [4.78, 5) is 28.0. The van der Waals surface area contributed by atoms with Crippen molar-refractivity contribution in [2.45, 2.75) is 19.4 Å². The highest BCUT2D eigenvalue weighted by Gasteiger charge is 2.18. The van der Waals surface area contributed by atoms with E-state index in [9.17, 15) is 9.59 Å². The van der Waals surface area contributed by atoms with Crippen molar-refractivity contribution in [3.05, 3.63) is 93.1 Å². The summed E-state index contributed by atoms with van der Waals surface area (Å²) in [5, 5.41) is 12.9. The number of nitrogens with one attached hydrogen (secondary N) is 1. The van der Waals surface area contributed by atoms with Crippen molar-refractivity contribution in [2.75, 3.05) is 6.61 Å². The minimum atomic E-state index is -1.01. The number of carboxylic acids is 1. The molecule has 0 unspecified atom stereocenters. The molecule has 1 atom stereocenters. The number of halogens is 2. The first-order valence-electron chi connectivity index (χ1n) is 9.50. The Morgan fingerprint density at radius 3 is 2.39 bits per heavy atom. The second kappa shape index (κ2) is 10.3. The van der Waals surface area contributed by atoms with E-state index in [1.165, 1.54) is 24.4 Å². The fourth-order valence-corrected chi connectivity index (χ4v) is 3.18. The van der Waals surface area contributed by atoms with Crippen LogP contribution < -0.4 is 10.1 Å². The van der Waals surface area contributed by atoms with Crippen LogP contribution >= 0.6 is 23.2 Å². The third-order valence-electron chi connectivity index (χ3n) is 4.61. The van der Waals surface area contributed by atoms with Gasteiger partial charge in [0.2, 0.25) is 5.88 Å². The predicted molar refractivity (Wildman–Crippen MR) is 119 cm³/mol. The van der Waals surface area contributed by atoms with Crippen molar-refractivity contribution in [1.29, 1.82) is 0 Å². The lowest BCUT2D eigenvalue weighted by molar-refractivity contribution is 0.0696. The van der Waals surface area contributed by atoms with Crippen LogP contribution in [0.3, 0.4) is 0 Å². The molecule has 8 heteroatoms. The van der Waals surface area contributed by atoms with Crippen LogP contribution in [0.2, 0.25) is 10.0 Å². The Bertz CT molecular complexity index is 1070. The maximum absolute atomic E-state index is 12.8. The monoisotopic (exact) mass is 458 g/mol. The Hall–Kier alpha value is -3.09. The first-order valence-corrected chi connectivity index (χ1v) is 10.3. The number of carbonyl (C=O) groups is 2. The molecule has 0 radical (unpaired) electrons. The number of aromatic nitrogens is 1. The number of hydrogen-bond donors (Lipinski definition) is 2. The predicted octanol–water partition coefficient (Wildman–Crippen LogP) is 5.20. The van der Waals surface area contributed by atoms with Crippen LogP contribution in [0.4, 0.5) is 0 Å². The van der Waals surface area contributed by atoms with Gasteiger partial charge < -0.3 is 15.2 Å². The number of pyridine rings is 1. The van der Waals surface area contributed by atoms with Crippen molar-refractivity contribution >= 4 is 35.1 Å². The van der Waals surface area contributed by atoms with E-state index in [4.69, 9.17) is 33.0 Å². The molecule has 0 aliphatic heterocycles. The molecule has 0 aliphatic carbocycles. The molecule has 3 rings (SSSR count). The third kappa shape index (κ3) is 6.20. The minimum absolute atomic E-state index is 0.178. The van der Waals surface area contributed by atoms with Crippen LogP contribution in [-0.4, -0.2) is 28.6 Å². The highest BCUT2D eigenvalue weighted by molar-refractivity contribution is 6.31. The number of ether oxygens (including phenoxy) is 1. The second-order valence-corrected chi connectivity index (χ2v) is 7.73. The van der Waals surface area contributed by atoms with Gasteiger partial charge in [-0.2, -0.15) is 0 Å². The number of amides is 1. The van der Waals surface area contributed by atoms with Crippen molar-refractivity contribution in [1.82, 2.24) is 10.3 Å². The average molecular weight is 459 g/mol. The number of hydrogen-bond acceptors (Lipinski definition) is 4. The Labute approximate surface area is 189 Å². The van der Waals surface area contributed by atoms with Gasteiger partial charge in [0.05, 0.1) is 23.2 Å². The van der Waals surface area contributed by atoms with E-state index in [2.05, 4.69) is 10.3 Å². The van der Waals surface area contributed by atoms with Crippen molar-refractivity contribution in [2.24, 2.45) is 0 Å². The molecular formula is C23H20Cl2N2O4. The van der Waals surface area contributed by atoms with E-state index in [-0.39, 0.29) is 23.0 Å². The third-order valence-corrected chi connectivity index (χ3v) is 5.07. The molecule has 1 heterocycles. The molecule has 2 N–H and O–H groups in total. The maximum atomic E-state index is 12.8. The van der Waals surface area contributed by atoms with Gasteiger partial charge in [0, 0.05) is 17.6 Å². The van der Waals surface area contributed by atoms with E-state index in [1.807, 2.05) is 12.1 Å². The first-order chi connectivity index (χ1) is 14.8. The number of aromatic carboxylic acids is 1. The Balaban J connectivity index is 1.67. The zero-order valence-corrected chi connectivity index (χ0v) is 18.2. The fourth-order valence-electron chi connectivity index (χ4n) is 2.89. The van der Waals surface area contributed by atoms with Gasteiger partial charge >= 0.3 is 5.97 Å². The second-order valence-electron chi connectivity index (χ2n) is 6.85. The molecule has 1 aromatic heterocycles. The average Bonchev–Trinajstić information content (AvgIpc) is 2.76. The fraction of sp³-hybridized carbons (Fsp3) is 0.174. The Morgan fingerprint density at radius 1 is 1.06 bits per heavy atom. The number of benzene rings is 2. The van der Waals surface area contributed by atoms with Crippen LogP contribution in [0, 0.1) is 0 Å². The van der Waals surface area contributed by atoms with Crippen LogP contribution in [0.5, 0.6) is 5.88 Å². The van der Waals surface area contributed by atoms with Gasteiger partial charge in [-0.25, -0.2) is 9.78 Å². The highest BCUT2D eigenvalue weighted by atomic mass is 35.5. The smallest absolute Gasteiger partial charge is 0.335 e. The molecule has 31 heavy (non-hydrogen) atoms. The summed E-state index contributed by atoms with van der Waals surface area (Å²) in [6, 6.07) is 14.9. The summed E-state index contributed by atoms with van der Waals surface area (Å²) in [5.74, 6) is -1.22. The van der Waals surface area contributed by atoms with E-state index in [1.54, 1.807) is 31.2 Å². The molecule has 6 nitrogen and oxygen atoms in total. The number of rotatable bonds is 8. The SMILES string of the molecule is C[C@H](NC(=O)c1cc(Cl)cnc1OCCc1ccc(Cl)cc1)c1ccc(C(=O)O)cc1. The molecule has 0 aliphatic rings. The summed E-state index contributed by atoms with van der Waals surface area (Å²) < 4.78 is 5.75. The maximum Gasteiger partial charge on any atom is 0.335 e. The van der Waals surface area contributed by atoms with Gasteiger partial charge in [-0.15, -0.1) is 0 Å². The van der Waals surface area contributed by atoms with Gasteiger partial charge in [0.25, 0.3) is 5.91 Å². The van der Waals surface area contributed by atoms with Gasteiger partial charge in [-0.05, 0) is 48.4 Å². The zero-order valence-electron chi connectivity index (χ0n) is 16.6. The standard InChI is InChI=1S/C23H20Cl2N2O4/c1-14(16-4-6-17(7-5-16)23(29)30)27-21(28)20-12-19(25)13-26-22(20)31-11-10-15-2-8-18(24)9-3-15/h2-9,12-14H,10-11H2,1H3,(H,27,28)(H,29,30)/t14-/m0/s1. The molecule has 0 bridgehead atoms. The zero-order chi connectivity index (χ0) is 22.4. The van der Waals surface area contributed by atoms with Crippen molar-refractivity contribution in [3.8, 4) is 5.88 Å². The normalized spacial score (nSPS) is 11.6. The van der Waals surface area contributed by atoms with E-state index < -0.39 is 11.9 Å². The van der Waals surface area contributed by atoms with Crippen LogP contribution in [0.15, 0.2) is 60.8 Å². The number of carboxylic acid groups (broad SMARTS) is 1. The van der Waals surface area contributed by atoms with Crippen LogP contribution in [0.1, 0.15) is 44.8 Å². The van der Waals surface area contributed by atoms with Crippen molar-refractivity contribution in [3.63, 3.8) is 0 Å². The largest absolute Gasteiger partial charge is 0.478 e. The Morgan fingerprint density at radius 2 is 1.74 bits per heavy atom. The number of carbonyl (C=O) groups excluding carboxylic acids is 1.